The van der Waals surface area contributed by atoms with Crippen LogP contribution in [0.25, 0.3) is 22.3 Å². The number of hydrogen-bond acceptors (Lipinski definition) is 7. The lowest BCUT2D eigenvalue weighted by molar-refractivity contribution is -0.140. The van der Waals surface area contributed by atoms with Gasteiger partial charge in [0.1, 0.15) is 5.69 Å². The van der Waals surface area contributed by atoms with E-state index in [-0.39, 0.29) is 35.3 Å². The van der Waals surface area contributed by atoms with Crippen LogP contribution >= 0.6 is 0 Å². The number of aromatic hydroxyl groups is 1. The molecular weight excluding hydrogens is 429 g/mol. The largest absolute Gasteiger partial charge is 0.503 e. The van der Waals surface area contributed by atoms with Gasteiger partial charge in [-0.15, -0.1) is 0 Å². The number of aliphatic hydroxyl groups excluding tert-OH is 1. The highest BCUT2D eigenvalue weighted by atomic mass is 19.4. The number of ether oxygens (including phenoxy) is 1. The second-order valence-electron chi connectivity index (χ2n) is 6.95. The standard InChI is InChI=1S/C18H16F5N5O3/c1-27-16-10(5-24-17(25-16)28-2-3-31-8(6-28)7-29)14(26-27)9-4-11(18(21,22)23)13(20)15(30)12(9)19/h4-5,8,29-30H,2-3,6-7H2,1H3/t8-/m1/s1. The molecule has 0 bridgehead atoms. The summed E-state index contributed by atoms with van der Waals surface area (Å²) in [6, 6.07) is 0.258. The summed E-state index contributed by atoms with van der Waals surface area (Å²) in [7, 11) is 1.45. The maximum absolute atomic E-state index is 14.5. The summed E-state index contributed by atoms with van der Waals surface area (Å²) in [4.78, 5) is 10.3. The molecule has 0 radical (unpaired) electrons. The van der Waals surface area contributed by atoms with Gasteiger partial charge in [0.25, 0.3) is 0 Å². The van der Waals surface area contributed by atoms with Crippen molar-refractivity contribution in [3.8, 4) is 17.0 Å². The molecule has 0 spiro atoms. The molecule has 1 aliphatic heterocycles. The minimum absolute atomic E-state index is 0.108. The van der Waals surface area contributed by atoms with E-state index in [1.54, 1.807) is 4.90 Å². The second kappa shape index (κ2) is 7.57. The lowest BCUT2D eigenvalue weighted by Gasteiger charge is -2.31. The molecule has 1 aromatic carbocycles. The van der Waals surface area contributed by atoms with E-state index in [4.69, 9.17) is 4.74 Å². The molecular formula is C18H16F5N5O3. The molecule has 0 amide bonds. The zero-order valence-electron chi connectivity index (χ0n) is 16.0. The van der Waals surface area contributed by atoms with Gasteiger partial charge in [-0.3, -0.25) is 0 Å². The normalized spacial score (nSPS) is 17.5. The highest BCUT2D eigenvalue weighted by molar-refractivity contribution is 5.91. The van der Waals surface area contributed by atoms with Gasteiger partial charge < -0.3 is 19.8 Å². The van der Waals surface area contributed by atoms with Crippen molar-refractivity contribution in [2.24, 2.45) is 7.05 Å². The van der Waals surface area contributed by atoms with Crippen LogP contribution in [0.15, 0.2) is 12.3 Å². The van der Waals surface area contributed by atoms with Crippen molar-refractivity contribution in [2.45, 2.75) is 12.3 Å². The van der Waals surface area contributed by atoms with Crippen molar-refractivity contribution < 1.29 is 36.9 Å². The second-order valence-corrected chi connectivity index (χ2v) is 6.95. The van der Waals surface area contributed by atoms with E-state index in [1.807, 2.05) is 0 Å². The molecule has 31 heavy (non-hydrogen) atoms. The number of fused-ring (bicyclic) bond motifs is 1. The van der Waals surface area contributed by atoms with E-state index in [9.17, 15) is 32.2 Å². The van der Waals surface area contributed by atoms with Crippen molar-refractivity contribution in [1.82, 2.24) is 19.7 Å². The Morgan fingerprint density at radius 3 is 2.68 bits per heavy atom. The first kappa shape index (κ1) is 21.2. The SMILES string of the molecule is Cn1nc(-c2cc(C(F)(F)F)c(F)c(O)c2F)c2cnc(N3CCO[C@@H](CO)C3)nc21. The maximum Gasteiger partial charge on any atom is 0.419 e. The number of rotatable bonds is 3. The summed E-state index contributed by atoms with van der Waals surface area (Å²) in [6.07, 6.45) is -4.32. The number of hydrogen-bond donors (Lipinski definition) is 2. The highest BCUT2D eigenvalue weighted by Crippen LogP contribution is 2.41. The molecule has 166 valence electrons. The average Bonchev–Trinajstić information content (AvgIpc) is 3.07. The fourth-order valence-corrected chi connectivity index (χ4v) is 3.39. The average molecular weight is 445 g/mol. The van der Waals surface area contributed by atoms with Crippen LogP contribution in [0.5, 0.6) is 5.75 Å². The Balaban J connectivity index is 1.83. The monoisotopic (exact) mass is 445 g/mol. The van der Waals surface area contributed by atoms with Gasteiger partial charge in [0.2, 0.25) is 5.95 Å². The van der Waals surface area contributed by atoms with Crippen LogP contribution in [0.2, 0.25) is 0 Å². The van der Waals surface area contributed by atoms with Crippen molar-refractivity contribution >= 4 is 17.0 Å². The lowest BCUT2D eigenvalue weighted by Crippen LogP contribution is -2.44. The van der Waals surface area contributed by atoms with Gasteiger partial charge in [-0.25, -0.2) is 18.4 Å². The zero-order valence-corrected chi connectivity index (χ0v) is 16.0. The third-order valence-corrected chi connectivity index (χ3v) is 4.93. The van der Waals surface area contributed by atoms with E-state index >= 15 is 0 Å². The fourth-order valence-electron chi connectivity index (χ4n) is 3.39. The first-order valence-corrected chi connectivity index (χ1v) is 9.07. The Hall–Kier alpha value is -3.06. The molecule has 1 fully saturated rings. The summed E-state index contributed by atoms with van der Waals surface area (Å²) in [5.41, 5.74) is -2.65. The molecule has 3 heterocycles. The van der Waals surface area contributed by atoms with Gasteiger partial charge in [-0.05, 0) is 6.07 Å². The Kier molecular flexibility index (Phi) is 5.17. The van der Waals surface area contributed by atoms with Gasteiger partial charge in [0.05, 0.1) is 30.3 Å². The maximum atomic E-state index is 14.5. The molecule has 3 aromatic rings. The van der Waals surface area contributed by atoms with Gasteiger partial charge in [0.15, 0.2) is 23.0 Å². The number of phenols is 1. The zero-order chi connectivity index (χ0) is 22.5. The van der Waals surface area contributed by atoms with E-state index in [0.29, 0.717) is 19.7 Å². The Morgan fingerprint density at radius 2 is 2.00 bits per heavy atom. The summed E-state index contributed by atoms with van der Waals surface area (Å²) in [5.74, 6) is -5.15. The van der Waals surface area contributed by atoms with Crippen LogP contribution in [0.4, 0.5) is 27.9 Å². The number of halogens is 5. The van der Waals surface area contributed by atoms with Crippen LogP contribution in [-0.2, 0) is 18.0 Å². The summed E-state index contributed by atoms with van der Waals surface area (Å²) in [6.45, 7) is 0.914. The Morgan fingerprint density at radius 1 is 1.26 bits per heavy atom. The first-order chi connectivity index (χ1) is 14.6. The molecule has 4 rings (SSSR count). The topological polar surface area (TPSA) is 96.5 Å². The van der Waals surface area contributed by atoms with Crippen molar-refractivity contribution in [3.05, 3.63) is 29.5 Å². The first-order valence-electron chi connectivity index (χ1n) is 9.07. The summed E-state index contributed by atoms with van der Waals surface area (Å²) in [5, 5.41) is 23.0. The van der Waals surface area contributed by atoms with E-state index in [2.05, 4.69) is 15.1 Å². The third-order valence-electron chi connectivity index (χ3n) is 4.93. The number of morpholine rings is 1. The number of aliphatic hydroxyl groups is 1. The molecule has 0 unspecified atom stereocenters. The molecule has 1 aliphatic rings. The van der Waals surface area contributed by atoms with Crippen molar-refractivity contribution in [3.63, 3.8) is 0 Å². The quantitative estimate of drug-likeness (QED) is 0.597. The number of phenolic OH excluding ortho intramolecular Hbond substituents is 1. The van der Waals surface area contributed by atoms with Crippen LogP contribution in [-0.4, -0.2) is 62.4 Å². The van der Waals surface area contributed by atoms with Crippen molar-refractivity contribution in [2.75, 3.05) is 31.2 Å². The molecule has 2 aromatic heterocycles. The smallest absolute Gasteiger partial charge is 0.419 e. The number of anilines is 1. The predicted molar refractivity (Wildman–Crippen MR) is 97.4 cm³/mol. The van der Waals surface area contributed by atoms with Crippen LogP contribution < -0.4 is 4.90 Å². The molecule has 13 heteroatoms. The molecule has 0 aliphatic carbocycles. The predicted octanol–water partition coefficient (Wildman–Crippen LogP) is 2.23. The van der Waals surface area contributed by atoms with Gasteiger partial charge in [-0.2, -0.15) is 23.3 Å². The minimum Gasteiger partial charge on any atom is -0.503 e. The van der Waals surface area contributed by atoms with Crippen molar-refractivity contribution in [1.29, 1.82) is 0 Å². The number of alkyl halides is 3. The molecule has 1 saturated heterocycles. The van der Waals surface area contributed by atoms with E-state index in [1.165, 1.54) is 17.9 Å². The Labute approximate surface area is 171 Å². The van der Waals surface area contributed by atoms with Crippen LogP contribution in [0.1, 0.15) is 5.56 Å². The van der Waals surface area contributed by atoms with Gasteiger partial charge in [0, 0.05) is 31.9 Å². The van der Waals surface area contributed by atoms with Gasteiger partial charge in [-0.1, -0.05) is 0 Å². The minimum atomic E-state index is -5.15. The van der Waals surface area contributed by atoms with Crippen LogP contribution in [0, 0.1) is 11.6 Å². The molecule has 0 saturated carbocycles. The number of benzene rings is 1. The number of aryl methyl sites for hydroxylation is 1. The molecule has 1 atom stereocenters. The van der Waals surface area contributed by atoms with Gasteiger partial charge >= 0.3 is 6.18 Å². The number of nitrogens with zero attached hydrogens (tertiary/aromatic N) is 5. The molecule has 2 N–H and O–H groups in total. The summed E-state index contributed by atoms with van der Waals surface area (Å²) >= 11 is 0. The van der Waals surface area contributed by atoms with E-state index in [0.717, 1.165) is 0 Å². The van der Waals surface area contributed by atoms with E-state index < -0.39 is 40.8 Å². The molecule has 8 nitrogen and oxygen atoms in total. The third kappa shape index (κ3) is 3.63. The van der Waals surface area contributed by atoms with Crippen LogP contribution in [0.3, 0.4) is 0 Å². The fraction of sp³-hybridized carbons (Fsp3) is 0.389. The number of aromatic nitrogens is 4. The highest BCUT2D eigenvalue weighted by Gasteiger charge is 2.38. The lowest BCUT2D eigenvalue weighted by atomic mass is 10.0. The Bertz CT molecular complexity index is 1150. The summed E-state index contributed by atoms with van der Waals surface area (Å²) < 4.78 is 74.3.